The summed E-state index contributed by atoms with van der Waals surface area (Å²) in [5.41, 5.74) is 1.89. The van der Waals surface area contributed by atoms with E-state index >= 15 is 0 Å². The summed E-state index contributed by atoms with van der Waals surface area (Å²) in [5.74, 6) is 0.934. The normalized spacial score (nSPS) is 10.8. The van der Waals surface area contributed by atoms with Gasteiger partial charge in [0.15, 0.2) is 0 Å². The summed E-state index contributed by atoms with van der Waals surface area (Å²) < 4.78 is 11.3. The minimum absolute atomic E-state index is 0.266. The van der Waals surface area contributed by atoms with Gasteiger partial charge in [0.25, 0.3) is 0 Å². The number of nitrogens with zero attached hydrogens (tertiary/aromatic N) is 1. The van der Waals surface area contributed by atoms with Crippen LogP contribution < -0.4 is 10.4 Å². The lowest BCUT2D eigenvalue weighted by Crippen LogP contribution is -2.03. The van der Waals surface area contributed by atoms with Gasteiger partial charge in [-0.15, -0.1) is 0 Å². The van der Waals surface area contributed by atoms with E-state index in [0.29, 0.717) is 22.2 Å². The van der Waals surface area contributed by atoms with Gasteiger partial charge in [-0.2, -0.15) is 0 Å². The van der Waals surface area contributed by atoms with Crippen molar-refractivity contribution in [3.8, 4) is 17.2 Å². The van der Waals surface area contributed by atoms with Crippen LogP contribution in [0.4, 0.5) is 0 Å². The molecule has 0 aliphatic rings. The fourth-order valence-electron chi connectivity index (χ4n) is 2.10. The number of methoxy groups -OCH3 is 1. The number of hydrogen-bond donors (Lipinski definition) is 0. The molecule has 0 amide bonds. The van der Waals surface area contributed by atoms with Gasteiger partial charge < -0.3 is 9.15 Å². The van der Waals surface area contributed by atoms with Crippen LogP contribution in [0.15, 0.2) is 50.1 Å². The van der Waals surface area contributed by atoms with Gasteiger partial charge in [0.2, 0.25) is 5.89 Å². The maximum absolute atomic E-state index is 12.1. The smallest absolute Gasteiger partial charge is 0.347 e. The third kappa shape index (κ3) is 2.56. The van der Waals surface area contributed by atoms with Gasteiger partial charge in [-0.05, 0) is 53.2 Å². The van der Waals surface area contributed by atoms with E-state index in [2.05, 4.69) is 20.9 Å². The number of ether oxygens (including phenoxy) is 1. The minimum Gasteiger partial charge on any atom is -0.497 e. The predicted molar refractivity (Wildman–Crippen MR) is 84.7 cm³/mol. The maximum Gasteiger partial charge on any atom is 0.347 e. The molecule has 1 heterocycles. The first-order chi connectivity index (χ1) is 10.1. The monoisotopic (exact) mass is 345 g/mol. The lowest BCUT2D eigenvalue weighted by molar-refractivity contribution is 0.414. The summed E-state index contributed by atoms with van der Waals surface area (Å²) in [5, 5.41) is 0.484. The Kier molecular flexibility index (Phi) is 3.51. The Labute approximate surface area is 129 Å². The van der Waals surface area contributed by atoms with Gasteiger partial charge in [0.1, 0.15) is 5.75 Å². The summed E-state index contributed by atoms with van der Waals surface area (Å²) in [4.78, 5) is 16.6. The average Bonchev–Trinajstić information content (AvgIpc) is 2.48. The number of aryl methyl sites for hydroxylation is 1. The number of hydrogen-bond acceptors (Lipinski definition) is 4. The van der Waals surface area contributed by atoms with E-state index < -0.39 is 5.63 Å². The molecule has 0 aliphatic carbocycles. The van der Waals surface area contributed by atoms with Crippen molar-refractivity contribution < 1.29 is 9.15 Å². The summed E-state index contributed by atoms with van der Waals surface area (Å²) in [6.07, 6.45) is 0. The number of fused-ring (bicyclic) bond motifs is 1. The molecule has 106 valence electrons. The van der Waals surface area contributed by atoms with Crippen LogP contribution in [0.25, 0.3) is 22.4 Å². The van der Waals surface area contributed by atoms with Gasteiger partial charge in [0, 0.05) is 4.47 Å². The van der Waals surface area contributed by atoms with Crippen molar-refractivity contribution >= 4 is 26.8 Å². The predicted octanol–water partition coefficient (Wildman–Crippen LogP) is 3.93. The molecule has 4 nitrogen and oxygen atoms in total. The highest BCUT2D eigenvalue weighted by molar-refractivity contribution is 9.10. The first kappa shape index (κ1) is 13.8. The molecule has 0 aliphatic heterocycles. The molecule has 0 saturated carbocycles. The molecule has 21 heavy (non-hydrogen) atoms. The first-order valence-corrected chi connectivity index (χ1v) is 7.13. The molecule has 0 N–H and O–H groups in total. The van der Waals surface area contributed by atoms with E-state index in [1.54, 1.807) is 19.2 Å². The highest BCUT2D eigenvalue weighted by Crippen LogP contribution is 2.30. The van der Waals surface area contributed by atoms with Crippen LogP contribution in [0, 0.1) is 6.92 Å². The van der Waals surface area contributed by atoms with Gasteiger partial charge in [0.05, 0.1) is 23.6 Å². The number of rotatable bonds is 2. The molecular formula is C16H12BrNO3. The van der Waals surface area contributed by atoms with Crippen molar-refractivity contribution in [3.63, 3.8) is 0 Å². The van der Waals surface area contributed by atoms with Crippen LogP contribution in [0.3, 0.4) is 0 Å². The minimum atomic E-state index is -0.395. The highest BCUT2D eigenvalue weighted by Gasteiger charge is 2.12. The van der Waals surface area contributed by atoms with Gasteiger partial charge in [-0.3, -0.25) is 0 Å². The third-order valence-electron chi connectivity index (χ3n) is 3.19. The van der Waals surface area contributed by atoms with Crippen LogP contribution in [0.5, 0.6) is 5.75 Å². The lowest BCUT2D eigenvalue weighted by atomic mass is 10.1. The molecular weight excluding hydrogens is 334 g/mol. The zero-order chi connectivity index (χ0) is 15.0. The maximum atomic E-state index is 12.1. The Morgan fingerprint density at radius 1 is 1.19 bits per heavy atom. The Morgan fingerprint density at radius 2 is 2.00 bits per heavy atom. The van der Waals surface area contributed by atoms with E-state index in [1.807, 2.05) is 31.2 Å². The molecule has 3 rings (SSSR count). The van der Waals surface area contributed by atoms with Crippen molar-refractivity contribution in [2.75, 3.05) is 7.11 Å². The van der Waals surface area contributed by atoms with E-state index in [9.17, 15) is 4.79 Å². The summed E-state index contributed by atoms with van der Waals surface area (Å²) in [6.45, 7) is 1.92. The van der Waals surface area contributed by atoms with Crippen molar-refractivity contribution in [1.82, 2.24) is 4.98 Å². The van der Waals surface area contributed by atoms with E-state index in [4.69, 9.17) is 9.15 Å². The molecule has 5 heteroatoms. The molecule has 2 aromatic carbocycles. The molecule has 0 bridgehead atoms. The summed E-state index contributed by atoms with van der Waals surface area (Å²) in [6, 6.07) is 10.9. The van der Waals surface area contributed by atoms with E-state index in [-0.39, 0.29) is 5.89 Å². The van der Waals surface area contributed by atoms with E-state index in [1.165, 1.54) is 0 Å². The quantitative estimate of drug-likeness (QED) is 0.705. The fraction of sp³-hybridized carbons (Fsp3) is 0.125. The summed E-state index contributed by atoms with van der Waals surface area (Å²) >= 11 is 3.44. The standard InChI is InChI=1S/C16H12BrNO3/c1-9-3-6-14-12(7-9)16(19)21-15(18-14)11-8-10(20-2)4-5-13(11)17/h3-8H,1-2H3. The van der Waals surface area contributed by atoms with E-state index in [0.717, 1.165) is 10.0 Å². The Morgan fingerprint density at radius 3 is 2.76 bits per heavy atom. The van der Waals surface area contributed by atoms with Gasteiger partial charge in [-0.1, -0.05) is 11.6 Å². The zero-order valence-corrected chi connectivity index (χ0v) is 13.1. The van der Waals surface area contributed by atoms with Crippen LogP contribution in [-0.4, -0.2) is 12.1 Å². The van der Waals surface area contributed by atoms with Crippen molar-refractivity contribution in [2.24, 2.45) is 0 Å². The number of halogens is 1. The van der Waals surface area contributed by atoms with Crippen molar-refractivity contribution in [2.45, 2.75) is 6.92 Å². The SMILES string of the molecule is COc1ccc(Br)c(-c2nc3ccc(C)cc3c(=O)o2)c1. The molecule has 0 saturated heterocycles. The zero-order valence-electron chi connectivity index (χ0n) is 11.5. The topological polar surface area (TPSA) is 52.3 Å². The molecule has 1 aromatic heterocycles. The second kappa shape index (κ2) is 5.33. The molecule has 0 fully saturated rings. The van der Waals surface area contributed by atoms with Crippen LogP contribution in [0.1, 0.15) is 5.56 Å². The van der Waals surface area contributed by atoms with Gasteiger partial charge >= 0.3 is 5.63 Å². The molecule has 0 atom stereocenters. The van der Waals surface area contributed by atoms with Crippen molar-refractivity contribution in [3.05, 3.63) is 56.9 Å². The number of benzene rings is 2. The molecule has 0 unspecified atom stereocenters. The largest absolute Gasteiger partial charge is 0.497 e. The third-order valence-corrected chi connectivity index (χ3v) is 3.88. The first-order valence-electron chi connectivity index (χ1n) is 6.34. The Bertz CT molecular complexity index is 886. The Hall–Kier alpha value is -2.14. The molecule has 0 radical (unpaired) electrons. The van der Waals surface area contributed by atoms with Crippen LogP contribution in [0.2, 0.25) is 0 Å². The second-order valence-electron chi connectivity index (χ2n) is 4.67. The van der Waals surface area contributed by atoms with Gasteiger partial charge in [-0.25, -0.2) is 9.78 Å². The summed E-state index contributed by atoms with van der Waals surface area (Å²) in [7, 11) is 1.58. The lowest BCUT2D eigenvalue weighted by Gasteiger charge is -2.06. The Balaban J connectivity index is 2.26. The fourth-order valence-corrected chi connectivity index (χ4v) is 2.51. The molecule has 0 spiro atoms. The van der Waals surface area contributed by atoms with Crippen LogP contribution >= 0.6 is 15.9 Å². The van der Waals surface area contributed by atoms with Crippen LogP contribution in [-0.2, 0) is 0 Å². The molecule has 3 aromatic rings. The second-order valence-corrected chi connectivity index (χ2v) is 5.53. The average molecular weight is 346 g/mol. The van der Waals surface area contributed by atoms with Crippen molar-refractivity contribution in [1.29, 1.82) is 0 Å². The number of aromatic nitrogens is 1. The highest BCUT2D eigenvalue weighted by atomic mass is 79.9.